The van der Waals surface area contributed by atoms with Gasteiger partial charge < -0.3 is 4.74 Å². The van der Waals surface area contributed by atoms with Crippen molar-refractivity contribution in [1.29, 1.82) is 0 Å². The van der Waals surface area contributed by atoms with Crippen LogP contribution in [0.2, 0.25) is 0 Å². The van der Waals surface area contributed by atoms with Gasteiger partial charge >= 0.3 is 6.18 Å². The third-order valence-electron chi connectivity index (χ3n) is 2.37. The van der Waals surface area contributed by atoms with Crippen molar-refractivity contribution in [1.82, 2.24) is 4.57 Å². The highest BCUT2D eigenvalue weighted by atomic mass is 19.4. The molecular weight excluding hydrogens is 211 g/mol. The molecule has 0 atom stereocenters. The van der Waals surface area contributed by atoms with E-state index < -0.39 is 17.3 Å². The smallest absolute Gasteiger partial charge is 0.417 e. The molecule has 15 heavy (non-hydrogen) atoms. The predicted octanol–water partition coefficient (Wildman–Crippen LogP) is 1.57. The molecule has 0 unspecified atom stereocenters. The summed E-state index contributed by atoms with van der Waals surface area (Å²) >= 11 is 0. The minimum atomic E-state index is -4.51. The first-order chi connectivity index (χ1) is 6.91. The van der Waals surface area contributed by atoms with E-state index in [1.54, 1.807) is 0 Å². The van der Waals surface area contributed by atoms with Gasteiger partial charge in [-0.3, -0.25) is 9.36 Å². The molecule has 0 aliphatic carbocycles. The van der Waals surface area contributed by atoms with Crippen molar-refractivity contribution >= 4 is 0 Å². The molecule has 82 valence electrons. The summed E-state index contributed by atoms with van der Waals surface area (Å²) in [7, 11) is 0. The number of hydrogen-bond donors (Lipinski definition) is 0. The minimum absolute atomic E-state index is 0.00192. The largest absolute Gasteiger partial charge is 0.477 e. The Morgan fingerprint density at radius 2 is 2.13 bits per heavy atom. The summed E-state index contributed by atoms with van der Waals surface area (Å²) in [5.41, 5.74) is -1.82. The Balaban J connectivity index is 2.70. The average molecular weight is 219 g/mol. The number of pyridine rings is 1. The number of fused-ring (bicyclic) bond motifs is 1. The van der Waals surface area contributed by atoms with Crippen LogP contribution in [0.3, 0.4) is 0 Å². The van der Waals surface area contributed by atoms with Crippen LogP contribution in [0.4, 0.5) is 13.2 Å². The second-order valence-corrected chi connectivity index (χ2v) is 3.32. The maximum Gasteiger partial charge on any atom is 0.417 e. The number of hydrogen-bond acceptors (Lipinski definition) is 2. The maximum atomic E-state index is 12.5. The lowest BCUT2D eigenvalue weighted by molar-refractivity contribution is -0.138. The number of rotatable bonds is 0. The molecule has 2 heterocycles. The Bertz CT molecular complexity index is 462. The third-order valence-corrected chi connectivity index (χ3v) is 2.37. The molecule has 0 radical (unpaired) electrons. The zero-order valence-electron chi connectivity index (χ0n) is 7.89. The Morgan fingerprint density at radius 1 is 1.47 bits per heavy atom. The fourth-order valence-corrected chi connectivity index (χ4v) is 1.59. The van der Waals surface area contributed by atoms with Gasteiger partial charge in [-0.1, -0.05) is 0 Å². The quantitative estimate of drug-likeness (QED) is 0.663. The molecule has 2 rings (SSSR count). The number of aromatic nitrogens is 1. The molecule has 0 aromatic carbocycles. The highest BCUT2D eigenvalue weighted by Gasteiger charge is 2.35. The summed E-state index contributed by atoms with van der Waals surface area (Å²) < 4.78 is 43.6. The Labute approximate surface area is 83.1 Å². The van der Waals surface area contributed by atoms with Crippen LogP contribution in [0, 0.1) is 6.92 Å². The fraction of sp³-hybridized carbons (Fsp3) is 0.444. The van der Waals surface area contributed by atoms with Crippen LogP contribution in [-0.2, 0) is 12.7 Å². The number of ether oxygens (including phenoxy) is 1. The van der Waals surface area contributed by atoms with E-state index >= 15 is 0 Å². The number of halogens is 3. The van der Waals surface area contributed by atoms with Crippen LogP contribution < -0.4 is 10.3 Å². The molecule has 0 bridgehead atoms. The number of nitrogens with zero attached hydrogens (tertiary/aromatic N) is 1. The molecule has 0 saturated carbocycles. The molecule has 1 aliphatic heterocycles. The SMILES string of the molecule is Cc1c(C(F)(F)F)cc2n(c1=O)CCO2. The first-order valence-corrected chi connectivity index (χ1v) is 4.35. The second kappa shape index (κ2) is 3.01. The van der Waals surface area contributed by atoms with Gasteiger partial charge in [0.15, 0.2) is 5.88 Å². The summed E-state index contributed by atoms with van der Waals surface area (Å²) in [6.45, 7) is 1.74. The van der Waals surface area contributed by atoms with Crippen LogP contribution in [0.15, 0.2) is 10.9 Å². The Morgan fingerprint density at radius 3 is 2.73 bits per heavy atom. The first-order valence-electron chi connectivity index (χ1n) is 4.35. The molecule has 6 heteroatoms. The molecule has 0 amide bonds. The summed E-state index contributed by atoms with van der Waals surface area (Å²) in [5.74, 6) is -0.00192. The van der Waals surface area contributed by atoms with Crippen LogP contribution in [0.25, 0.3) is 0 Å². The van der Waals surface area contributed by atoms with Gasteiger partial charge in [0.25, 0.3) is 5.56 Å². The first kappa shape index (κ1) is 10.1. The van der Waals surface area contributed by atoms with Crippen molar-refractivity contribution in [3.63, 3.8) is 0 Å². The standard InChI is InChI=1S/C9H8F3NO2/c1-5-6(9(10,11)12)4-7-13(8(5)14)2-3-15-7/h4H,2-3H2,1H3. The van der Waals surface area contributed by atoms with Crippen molar-refractivity contribution in [2.24, 2.45) is 0 Å². The van der Waals surface area contributed by atoms with Crippen LogP contribution in [-0.4, -0.2) is 11.2 Å². The lowest BCUT2D eigenvalue weighted by Gasteiger charge is -2.11. The van der Waals surface area contributed by atoms with Gasteiger partial charge in [0.2, 0.25) is 0 Å². The molecule has 3 nitrogen and oxygen atoms in total. The number of alkyl halides is 3. The lowest BCUT2D eigenvalue weighted by atomic mass is 10.1. The molecule has 0 fully saturated rings. The van der Waals surface area contributed by atoms with Crippen LogP contribution in [0.1, 0.15) is 11.1 Å². The van der Waals surface area contributed by atoms with Gasteiger partial charge in [-0.2, -0.15) is 13.2 Å². The molecule has 1 aromatic heterocycles. The van der Waals surface area contributed by atoms with Gasteiger partial charge in [-0.05, 0) is 6.92 Å². The van der Waals surface area contributed by atoms with Gasteiger partial charge in [0.1, 0.15) is 6.61 Å². The van der Waals surface area contributed by atoms with Crippen LogP contribution >= 0.6 is 0 Å². The zero-order chi connectivity index (χ0) is 11.2. The van der Waals surface area contributed by atoms with E-state index in [4.69, 9.17) is 4.74 Å². The van der Waals surface area contributed by atoms with Crippen molar-refractivity contribution in [2.75, 3.05) is 6.61 Å². The summed E-state index contributed by atoms with van der Waals surface area (Å²) in [4.78, 5) is 11.5. The highest BCUT2D eigenvalue weighted by molar-refractivity contribution is 5.33. The van der Waals surface area contributed by atoms with E-state index in [0.29, 0.717) is 6.54 Å². The van der Waals surface area contributed by atoms with E-state index in [1.807, 2.05) is 0 Å². The van der Waals surface area contributed by atoms with E-state index in [0.717, 1.165) is 6.07 Å². The lowest BCUT2D eigenvalue weighted by Crippen LogP contribution is -2.24. The molecule has 0 N–H and O–H groups in total. The molecular formula is C9H8F3NO2. The average Bonchev–Trinajstić information content (AvgIpc) is 2.57. The van der Waals surface area contributed by atoms with E-state index in [1.165, 1.54) is 11.5 Å². The summed E-state index contributed by atoms with van der Waals surface area (Å²) in [6, 6.07) is 0.879. The molecule has 0 saturated heterocycles. The van der Waals surface area contributed by atoms with E-state index in [9.17, 15) is 18.0 Å². The zero-order valence-corrected chi connectivity index (χ0v) is 7.89. The Hall–Kier alpha value is -1.46. The molecule has 0 spiro atoms. The van der Waals surface area contributed by atoms with Crippen molar-refractivity contribution in [3.05, 3.63) is 27.5 Å². The van der Waals surface area contributed by atoms with Crippen molar-refractivity contribution in [2.45, 2.75) is 19.6 Å². The highest BCUT2D eigenvalue weighted by Crippen LogP contribution is 2.33. The van der Waals surface area contributed by atoms with Gasteiger partial charge in [-0.25, -0.2) is 0 Å². The van der Waals surface area contributed by atoms with Crippen molar-refractivity contribution in [3.8, 4) is 5.88 Å². The monoisotopic (exact) mass is 219 g/mol. The fourth-order valence-electron chi connectivity index (χ4n) is 1.59. The van der Waals surface area contributed by atoms with Crippen LogP contribution in [0.5, 0.6) is 5.88 Å². The second-order valence-electron chi connectivity index (χ2n) is 3.32. The maximum absolute atomic E-state index is 12.5. The van der Waals surface area contributed by atoms with E-state index in [-0.39, 0.29) is 18.1 Å². The Kier molecular flexibility index (Phi) is 2.02. The van der Waals surface area contributed by atoms with Gasteiger partial charge in [0, 0.05) is 11.6 Å². The molecule has 1 aromatic rings. The van der Waals surface area contributed by atoms with Gasteiger partial charge in [0.05, 0.1) is 12.1 Å². The van der Waals surface area contributed by atoms with Crippen molar-refractivity contribution < 1.29 is 17.9 Å². The third kappa shape index (κ3) is 1.49. The molecule has 1 aliphatic rings. The predicted molar refractivity (Wildman–Crippen MR) is 45.9 cm³/mol. The minimum Gasteiger partial charge on any atom is -0.477 e. The topological polar surface area (TPSA) is 31.2 Å². The summed E-state index contributed by atoms with van der Waals surface area (Å²) in [6.07, 6.45) is -4.51. The normalized spacial score (nSPS) is 14.9. The summed E-state index contributed by atoms with van der Waals surface area (Å²) in [5, 5.41) is 0. The van der Waals surface area contributed by atoms with Gasteiger partial charge in [-0.15, -0.1) is 0 Å². The van der Waals surface area contributed by atoms with E-state index in [2.05, 4.69) is 0 Å².